The second kappa shape index (κ2) is 5.00. The van der Waals surface area contributed by atoms with Gasteiger partial charge in [-0.1, -0.05) is 24.3 Å². The first kappa shape index (κ1) is 12.2. The smallest absolute Gasteiger partial charge is 0.164 e. The molecule has 1 aromatic heterocycles. The number of nitrogens with zero attached hydrogens (tertiary/aromatic N) is 2. The number of rotatable bonds is 4. The molecular formula is C16H18N2O. The van der Waals surface area contributed by atoms with Gasteiger partial charge in [-0.25, -0.2) is 0 Å². The largest absolute Gasteiger partial charge is 0.294 e. The lowest BCUT2D eigenvalue weighted by atomic mass is 10.0. The molecule has 3 rings (SSSR count). The minimum absolute atomic E-state index is 0.240. The van der Waals surface area contributed by atoms with Crippen molar-refractivity contribution in [3.05, 3.63) is 41.6 Å². The van der Waals surface area contributed by atoms with Crippen molar-refractivity contribution in [3.63, 3.8) is 0 Å². The molecule has 0 aliphatic heterocycles. The number of allylic oxidation sites excluding steroid dienone is 2. The fourth-order valence-corrected chi connectivity index (χ4v) is 2.76. The summed E-state index contributed by atoms with van der Waals surface area (Å²) in [6.45, 7) is 2.90. The van der Waals surface area contributed by atoms with Crippen LogP contribution < -0.4 is 0 Å². The van der Waals surface area contributed by atoms with E-state index >= 15 is 0 Å². The maximum Gasteiger partial charge on any atom is 0.164 e. The summed E-state index contributed by atoms with van der Waals surface area (Å²) in [6.07, 6.45) is 5.61. The lowest BCUT2D eigenvalue weighted by molar-refractivity contribution is -0.115. The maximum atomic E-state index is 12.2. The zero-order valence-corrected chi connectivity index (χ0v) is 11.2. The second-order valence-electron chi connectivity index (χ2n) is 5.00. The first-order valence-corrected chi connectivity index (χ1v) is 6.96. The molecular weight excluding hydrogens is 236 g/mol. The van der Waals surface area contributed by atoms with Crippen molar-refractivity contribution in [2.45, 2.75) is 39.2 Å². The van der Waals surface area contributed by atoms with Gasteiger partial charge in [0.2, 0.25) is 0 Å². The first-order chi connectivity index (χ1) is 9.29. The molecule has 19 heavy (non-hydrogen) atoms. The second-order valence-corrected chi connectivity index (χ2v) is 5.00. The van der Waals surface area contributed by atoms with Crippen LogP contribution in [0.5, 0.6) is 0 Å². The molecule has 0 N–H and O–H groups in total. The Morgan fingerprint density at radius 3 is 2.95 bits per heavy atom. The van der Waals surface area contributed by atoms with Crippen molar-refractivity contribution < 1.29 is 4.79 Å². The molecule has 3 heteroatoms. The third-order valence-electron chi connectivity index (χ3n) is 3.76. The molecule has 2 aromatic rings. The van der Waals surface area contributed by atoms with Gasteiger partial charge >= 0.3 is 0 Å². The SMILES string of the molecule is CCn1nc(CC(=O)C2=CCCC2)c2ccccc21. The van der Waals surface area contributed by atoms with Crippen LogP contribution in [0, 0.1) is 0 Å². The van der Waals surface area contributed by atoms with Gasteiger partial charge in [-0.2, -0.15) is 5.10 Å². The number of carbonyl (C=O) groups excluding carboxylic acids is 1. The van der Waals surface area contributed by atoms with Crippen molar-refractivity contribution in [1.82, 2.24) is 9.78 Å². The number of ketones is 1. The van der Waals surface area contributed by atoms with Gasteiger partial charge in [0, 0.05) is 11.9 Å². The molecule has 0 saturated carbocycles. The summed E-state index contributed by atoms with van der Waals surface area (Å²) >= 11 is 0. The topological polar surface area (TPSA) is 34.9 Å². The first-order valence-electron chi connectivity index (χ1n) is 6.96. The van der Waals surface area contributed by atoms with Crippen molar-refractivity contribution >= 4 is 16.7 Å². The Kier molecular flexibility index (Phi) is 3.20. The summed E-state index contributed by atoms with van der Waals surface area (Å²) in [5.74, 6) is 0.240. The average molecular weight is 254 g/mol. The minimum Gasteiger partial charge on any atom is -0.294 e. The Hall–Kier alpha value is -1.90. The van der Waals surface area contributed by atoms with Gasteiger partial charge in [0.05, 0.1) is 17.6 Å². The number of hydrogen-bond acceptors (Lipinski definition) is 2. The average Bonchev–Trinajstić information content (AvgIpc) is 3.07. The third kappa shape index (κ3) is 2.21. The van der Waals surface area contributed by atoms with Gasteiger partial charge in [-0.05, 0) is 37.8 Å². The Balaban J connectivity index is 1.94. The van der Waals surface area contributed by atoms with Gasteiger partial charge in [-0.15, -0.1) is 0 Å². The molecule has 0 radical (unpaired) electrons. The van der Waals surface area contributed by atoms with Crippen molar-refractivity contribution in [2.75, 3.05) is 0 Å². The van der Waals surface area contributed by atoms with E-state index in [0.717, 1.165) is 48.0 Å². The van der Waals surface area contributed by atoms with Crippen molar-refractivity contribution in [2.24, 2.45) is 0 Å². The van der Waals surface area contributed by atoms with E-state index in [4.69, 9.17) is 0 Å². The maximum absolute atomic E-state index is 12.2. The summed E-state index contributed by atoms with van der Waals surface area (Å²) in [5.41, 5.74) is 3.03. The Bertz CT molecular complexity index is 652. The van der Waals surface area contributed by atoms with E-state index in [9.17, 15) is 4.79 Å². The van der Waals surface area contributed by atoms with Crippen LogP contribution in [0.2, 0.25) is 0 Å². The van der Waals surface area contributed by atoms with Crippen LogP contribution in [-0.2, 0) is 17.8 Å². The predicted molar refractivity (Wildman–Crippen MR) is 76.1 cm³/mol. The highest BCUT2D eigenvalue weighted by Gasteiger charge is 2.17. The summed E-state index contributed by atoms with van der Waals surface area (Å²) in [6, 6.07) is 8.14. The Labute approximate surface area is 112 Å². The third-order valence-corrected chi connectivity index (χ3v) is 3.76. The number of aryl methyl sites for hydroxylation is 1. The molecule has 1 aromatic carbocycles. The summed E-state index contributed by atoms with van der Waals surface area (Å²) in [4.78, 5) is 12.2. The molecule has 0 bridgehead atoms. The highest BCUT2D eigenvalue weighted by molar-refractivity contribution is 5.99. The van der Waals surface area contributed by atoms with Gasteiger partial charge in [0.25, 0.3) is 0 Å². The highest BCUT2D eigenvalue weighted by atomic mass is 16.1. The van der Waals surface area contributed by atoms with E-state index < -0.39 is 0 Å². The van der Waals surface area contributed by atoms with Gasteiger partial charge in [-0.3, -0.25) is 9.48 Å². The minimum atomic E-state index is 0.240. The van der Waals surface area contributed by atoms with E-state index in [0.29, 0.717) is 6.42 Å². The molecule has 0 fully saturated rings. The van der Waals surface area contributed by atoms with E-state index in [1.165, 1.54) is 0 Å². The van der Waals surface area contributed by atoms with E-state index in [1.807, 2.05) is 16.8 Å². The van der Waals surface area contributed by atoms with Crippen LogP contribution in [0.1, 0.15) is 31.9 Å². The van der Waals surface area contributed by atoms with E-state index in [1.54, 1.807) is 0 Å². The number of para-hydroxylation sites is 1. The number of hydrogen-bond donors (Lipinski definition) is 0. The van der Waals surface area contributed by atoms with E-state index in [2.05, 4.69) is 30.2 Å². The lowest BCUT2D eigenvalue weighted by Gasteiger charge is -1.99. The van der Waals surface area contributed by atoms with Crippen LogP contribution in [0.15, 0.2) is 35.9 Å². The normalized spacial score (nSPS) is 14.9. The molecule has 0 saturated heterocycles. The standard InChI is InChI=1S/C16H18N2O/c1-2-18-15-10-6-5-9-13(15)14(17-18)11-16(19)12-7-3-4-8-12/h5-7,9-10H,2-4,8,11H2,1H3. The highest BCUT2D eigenvalue weighted by Crippen LogP contribution is 2.23. The fraction of sp³-hybridized carbons (Fsp3) is 0.375. The molecule has 3 nitrogen and oxygen atoms in total. The van der Waals surface area contributed by atoms with Crippen LogP contribution in [0.3, 0.4) is 0 Å². The predicted octanol–water partition coefficient (Wildman–Crippen LogP) is 3.28. The van der Waals surface area contributed by atoms with Crippen molar-refractivity contribution in [1.29, 1.82) is 0 Å². The molecule has 1 heterocycles. The number of aromatic nitrogens is 2. The number of benzene rings is 1. The molecule has 1 aliphatic carbocycles. The molecule has 98 valence electrons. The lowest BCUT2D eigenvalue weighted by Crippen LogP contribution is -2.06. The van der Waals surface area contributed by atoms with Crippen LogP contribution >= 0.6 is 0 Å². The fourth-order valence-electron chi connectivity index (χ4n) is 2.76. The molecule has 1 aliphatic rings. The Morgan fingerprint density at radius 1 is 1.37 bits per heavy atom. The summed E-state index contributed by atoms with van der Waals surface area (Å²) in [5, 5.41) is 5.70. The van der Waals surface area contributed by atoms with Gasteiger partial charge in [0.15, 0.2) is 5.78 Å². The zero-order chi connectivity index (χ0) is 13.2. The molecule has 0 spiro atoms. The van der Waals surface area contributed by atoms with Crippen LogP contribution in [-0.4, -0.2) is 15.6 Å². The molecule has 0 amide bonds. The van der Waals surface area contributed by atoms with Gasteiger partial charge < -0.3 is 0 Å². The van der Waals surface area contributed by atoms with E-state index in [-0.39, 0.29) is 5.78 Å². The zero-order valence-electron chi connectivity index (χ0n) is 11.2. The monoisotopic (exact) mass is 254 g/mol. The molecule has 0 atom stereocenters. The van der Waals surface area contributed by atoms with Crippen molar-refractivity contribution in [3.8, 4) is 0 Å². The number of fused-ring (bicyclic) bond motifs is 1. The molecule has 0 unspecified atom stereocenters. The van der Waals surface area contributed by atoms with Gasteiger partial charge in [0.1, 0.15) is 0 Å². The Morgan fingerprint density at radius 2 is 2.21 bits per heavy atom. The quantitative estimate of drug-likeness (QED) is 0.839. The summed E-state index contributed by atoms with van der Waals surface area (Å²) in [7, 11) is 0. The summed E-state index contributed by atoms with van der Waals surface area (Å²) < 4.78 is 1.97. The number of carbonyl (C=O) groups is 1. The number of Topliss-reactive ketones (excluding diaryl/α,β-unsaturated/α-hetero) is 1. The van der Waals surface area contributed by atoms with Crippen LogP contribution in [0.4, 0.5) is 0 Å². The van der Waals surface area contributed by atoms with Crippen LogP contribution in [0.25, 0.3) is 10.9 Å².